The van der Waals surface area contributed by atoms with E-state index in [9.17, 15) is 0 Å². The number of thiocarbonyl (C=S) groups is 1. The van der Waals surface area contributed by atoms with E-state index in [2.05, 4.69) is 39.4 Å². The van der Waals surface area contributed by atoms with Gasteiger partial charge in [-0.15, -0.1) is 0 Å². The topological polar surface area (TPSA) is 37.0 Å². The van der Waals surface area contributed by atoms with E-state index in [1.54, 1.807) is 0 Å². The van der Waals surface area contributed by atoms with Gasteiger partial charge in [0.1, 0.15) is 0 Å². The molecule has 3 rings (SSSR count). The molecule has 1 aliphatic rings. The third kappa shape index (κ3) is 4.45. The molecule has 1 fully saturated rings. The Morgan fingerprint density at radius 1 is 1.00 bits per heavy atom. The van der Waals surface area contributed by atoms with Crippen LogP contribution in [-0.4, -0.2) is 36.6 Å². The van der Waals surface area contributed by atoms with E-state index in [4.69, 9.17) is 21.7 Å². The van der Waals surface area contributed by atoms with Crippen molar-refractivity contribution in [1.29, 1.82) is 0 Å². The minimum Gasteiger partial charge on any atom is -0.490 e. The quantitative estimate of drug-likeness (QED) is 0.750. The van der Waals surface area contributed by atoms with Crippen LogP contribution < -0.4 is 19.7 Å². The van der Waals surface area contributed by atoms with Gasteiger partial charge in [-0.1, -0.05) is 30.3 Å². The number of nitrogens with one attached hydrogen (secondary N) is 1. The lowest BCUT2D eigenvalue weighted by Gasteiger charge is -2.38. The predicted molar refractivity (Wildman–Crippen MR) is 109 cm³/mol. The Labute approximate surface area is 160 Å². The molecule has 0 aliphatic carbocycles. The first-order valence-electron chi connectivity index (χ1n) is 8.92. The van der Waals surface area contributed by atoms with Gasteiger partial charge < -0.3 is 19.7 Å². The number of ether oxygens (including phenoxy) is 2. The van der Waals surface area contributed by atoms with Crippen LogP contribution in [0.1, 0.15) is 19.4 Å². The summed E-state index contributed by atoms with van der Waals surface area (Å²) < 4.78 is 11.4. The zero-order valence-corrected chi connectivity index (χ0v) is 16.1. The third-order valence-corrected chi connectivity index (χ3v) is 4.49. The summed E-state index contributed by atoms with van der Waals surface area (Å²) in [4.78, 5) is 4.39. The maximum Gasteiger partial charge on any atom is 0.175 e. The van der Waals surface area contributed by atoms with Gasteiger partial charge in [0.05, 0.1) is 26.6 Å². The molecule has 0 unspecified atom stereocenters. The number of nitrogens with zero attached hydrogens (tertiary/aromatic N) is 2. The van der Waals surface area contributed by atoms with Crippen molar-refractivity contribution in [2.75, 3.05) is 31.5 Å². The monoisotopic (exact) mass is 371 g/mol. The van der Waals surface area contributed by atoms with Crippen LogP contribution in [0.25, 0.3) is 0 Å². The van der Waals surface area contributed by atoms with Gasteiger partial charge in [-0.3, -0.25) is 4.90 Å². The fraction of sp³-hybridized carbons (Fsp3) is 0.350. The average molecular weight is 372 g/mol. The molecular weight excluding hydrogens is 346 g/mol. The van der Waals surface area contributed by atoms with Crippen LogP contribution in [0.2, 0.25) is 0 Å². The highest BCUT2D eigenvalue weighted by Gasteiger charge is 2.23. The van der Waals surface area contributed by atoms with Gasteiger partial charge in [0, 0.05) is 18.3 Å². The van der Waals surface area contributed by atoms with Crippen molar-refractivity contribution in [1.82, 2.24) is 10.2 Å². The maximum atomic E-state index is 5.75. The summed E-state index contributed by atoms with van der Waals surface area (Å²) in [6.07, 6.45) is 0. The molecule has 0 amide bonds. The lowest BCUT2D eigenvalue weighted by atomic mass is 10.2. The van der Waals surface area contributed by atoms with Gasteiger partial charge in [0.25, 0.3) is 0 Å². The summed E-state index contributed by atoms with van der Waals surface area (Å²) in [5.41, 5.74) is 2.27. The van der Waals surface area contributed by atoms with Crippen molar-refractivity contribution in [3.63, 3.8) is 0 Å². The van der Waals surface area contributed by atoms with Crippen molar-refractivity contribution in [2.45, 2.75) is 20.4 Å². The molecule has 0 bridgehead atoms. The van der Waals surface area contributed by atoms with Crippen molar-refractivity contribution in [3.05, 3.63) is 54.1 Å². The molecule has 6 heteroatoms. The Bertz CT molecular complexity index is 739. The zero-order chi connectivity index (χ0) is 18.4. The van der Waals surface area contributed by atoms with Crippen LogP contribution in [0.5, 0.6) is 11.5 Å². The van der Waals surface area contributed by atoms with Crippen molar-refractivity contribution in [3.8, 4) is 11.5 Å². The minimum absolute atomic E-state index is 0.590. The Morgan fingerprint density at radius 3 is 2.46 bits per heavy atom. The van der Waals surface area contributed by atoms with Gasteiger partial charge >= 0.3 is 0 Å². The van der Waals surface area contributed by atoms with E-state index in [0.29, 0.717) is 13.2 Å². The van der Waals surface area contributed by atoms with Crippen LogP contribution in [0, 0.1) is 0 Å². The number of hydrogen-bond acceptors (Lipinski definition) is 4. The van der Waals surface area contributed by atoms with Crippen LogP contribution in [0.15, 0.2) is 48.5 Å². The maximum absolute atomic E-state index is 5.75. The second kappa shape index (κ2) is 8.87. The molecule has 0 saturated carbocycles. The van der Waals surface area contributed by atoms with Crippen molar-refractivity contribution < 1.29 is 9.47 Å². The molecule has 0 spiro atoms. The van der Waals surface area contributed by atoms with Crippen molar-refractivity contribution in [2.24, 2.45) is 0 Å². The number of rotatable bonds is 7. The highest BCUT2D eigenvalue weighted by atomic mass is 32.1. The van der Waals surface area contributed by atoms with Crippen LogP contribution in [0.4, 0.5) is 5.69 Å². The number of hydrogen-bond donors (Lipinski definition) is 1. The van der Waals surface area contributed by atoms with Crippen LogP contribution >= 0.6 is 12.2 Å². The van der Waals surface area contributed by atoms with E-state index in [1.165, 1.54) is 5.56 Å². The van der Waals surface area contributed by atoms with Gasteiger partial charge in [-0.2, -0.15) is 0 Å². The molecule has 1 heterocycles. The second-order valence-corrected chi connectivity index (χ2v) is 6.41. The first-order chi connectivity index (χ1) is 12.7. The summed E-state index contributed by atoms with van der Waals surface area (Å²) in [5.74, 6) is 1.50. The lowest BCUT2D eigenvalue weighted by molar-refractivity contribution is 0.252. The first kappa shape index (κ1) is 18.5. The van der Waals surface area contributed by atoms with Crippen LogP contribution in [0.3, 0.4) is 0 Å². The Kier molecular flexibility index (Phi) is 6.30. The molecule has 0 aromatic heterocycles. The SMILES string of the molecule is CCOc1ccc(N2CN(Cc3ccccc3)CNC2=S)cc1OCC. The van der Waals surface area contributed by atoms with Crippen LogP contribution in [-0.2, 0) is 6.54 Å². The molecule has 2 aromatic rings. The molecule has 0 atom stereocenters. The summed E-state index contributed by atoms with van der Waals surface area (Å²) in [7, 11) is 0. The normalized spacial score (nSPS) is 14.8. The largest absolute Gasteiger partial charge is 0.490 e. The van der Waals surface area contributed by atoms with Gasteiger partial charge in [-0.05, 0) is 43.8 Å². The Balaban J connectivity index is 1.77. The minimum atomic E-state index is 0.590. The highest BCUT2D eigenvalue weighted by Crippen LogP contribution is 2.33. The molecule has 1 saturated heterocycles. The number of benzene rings is 2. The molecule has 1 aliphatic heterocycles. The average Bonchev–Trinajstić information content (AvgIpc) is 2.66. The Morgan fingerprint density at radius 2 is 1.73 bits per heavy atom. The van der Waals surface area contributed by atoms with E-state index in [0.717, 1.165) is 42.2 Å². The molecule has 26 heavy (non-hydrogen) atoms. The molecule has 0 radical (unpaired) electrons. The predicted octanol–water partition coefficient (Wildman–Crippen LogP) is 3.60. The summed E-state index contributed by atoms with van der Waals surface area (Å²) in [6, 6.07) is 16.4. The molecule has 5 nitrogen and oxygen atoms in total. The lowest BCUT2D eigenvalue weighted by Crippen LogP contribution is -2.55. The third-order valence-electron chi connectivity index (χ3n) is 4.13. The summed E-state index contributed by atoms with van der Waals surface area (Å²) >= 11 is 5.53. The first-order valence-corrected chi connectivity index (χ1v) is 9.33. The molecular formula is C20H25N3O2S. The second-order valence-electron chi connectivity index (χ2n) is 6.02. The molecule has 1 N–H and O–H groups in total. The van der Waals surface area contributed by atoms with Gasteiger partial charge in [0.2, 0.25) is 0 Å². The summed E-state index contributed by atoms with van der Waals surface area (Å²) in [6.45, 7) is 7.45. The smallest absolute Gasteiger partial charge is 0.175 e. The highest BCUT2D eigenvalue weighted by molar-refractivity contribution is 7.80. The zero-order valence-electron chi connectivity index (χ0n) is 15.3. The van der Waals surface area contributed by atoms with Crippen molar-refractivity contribution >= 4 is 23.0 Å². The van der Waals surface area contributed by atoms with E-state index >= 15 is 0 Å². The summed E-state index contributed by atoms with van der Waals surface area (Å²) in [5, 5.41) is 4.03. The molecule has 138 valence electrons. The van der Waals surface area contributed by atoms with E-state index in [-0.39, 0.29) is 0 Å². The van der Waals surface area contributed by atoms with Gasteiger partial charge in [-0.25, -0.2) is 0 Å². The molecule has 2 aromatic carbocycles. The van der Waals surface area contributed by atoms with E-state index < -0.39 is 0 Å². The van der Waals surface area contributed by atoms with E-state index in [1.807, 2.05) is 38.1 Å². The fourth-order valence-corrected chi connectivity index (χ4v) is 3.17. The fourth-order valence-electron chi connectivity index (χ4n) is 2.94. The number of anilines is 1. The van der Waals surface area contributed by atoms with Gasteiger partial charge in [0.15, 0.2) is 16.6 Å². The Hall–Kier alpha value is -2.31. The standard InChI is InChI=1S/C20H25N3O2S/c1-3-24-18-11-10-17(12-19(18)25-4-2)23-15-22(14-21-20(23)26)13-16-8-6-5-7-9-16/h5-12H,3-4,13-15H2,1-2H3,(H,21,26).